The lowest BCUT2D eigenvalue weighted by Gasteiger charge is -2.30. The molecule has 88 heavy (non-hydrogen) atoms. The quantitative estimate of drug-likeness (QED) is 0.111. The van der Waals surface area contributed by atoms with E-state index in [0.29, 0.717) is 22.0 Å². The van der Waals surface area contributed by atoms with Gasteiger partial charge in [0.05, 0.1) is 70.2 Å². The van der Waals surface area contributed by atoms with Gasteiger partial charge in [-0.2, -0.15) is 22.8 Å². The summed E-state index contributed by atoms with van der Waals surface area (Å²) < 4.78 is 128. The summed E-state index contributed by atoms with van der Waals surface area (Å²) in [4.78, 5) is 55.0. The van der Waals surface area contributed by atoms with Crippen LogP contribution in [0, 0.1) is 20.8 Å². The molecule has 10 aromatic rings. The van der Waals surface area contributed by atoms with Crippen molar-refractivity contribution in [1.29, 1.82) is 0 Å². The predicted molar refractivity (Wildman–Crippen MR) is 343 cm³/mol. The number of hydrogen-bond donors (Lipinski definition) is 0. The van der Waals surface area contributed by atoms with E-state index in [-0.39, 0.29) is 78.1 Å². The summed E-state index contributed by atoms with van der Waals surface area (Å²) in [6, 6.07) is 36.9. The second-order valence-corrected chi connectivity index (χ2v) is 29.6. The maximum absolute atomic E-state index is 13.3. The molecule has 1 aliphatic heterocycles. The Morgan fingerprint density at radius 3 is 1.39 bits per heavy atom. The topological polar surface area (TPSA) is 215 Å². The average molecular weight is 1320 g/mol. The van der Waals surface area contributed by atoms with Crippen LogP contribution in [-0.4, -0.2) is 56.4 Å². The lowest BCUT2D eigenvalue weighted by molar-refractivity contribution is -0.191. The van der Waals surface area contributed by atoms with Gasteiger partial charge in [0.1, 0.15) is 11.5 Å². The Hall–Kier alpha value is -7.77. The van der Waals surface area contributed by atoms with Gasteiger partial charge in [-0.3, -0.25) is 26.3 Å². The second kappa shape index (κ2) is 28.6. The van der Waals surface area contributed by atoms with Gasteiger partial charge in [-0.05, 0) is 182 Å². The number of alkyl halides is 3. The Balaban J connectivity index is 0.000000207. The molecule has 0 atom stereocenters. The fraction of sp³-hybridized carbons (Fsp3) is 0.270. The number of piperidine rings is 1. The molecule has 0 saturated carbocycles. The largest absolute Gasteiger partial charge is 0.457 e. The molecule has 11 rings (SSSR count). The lowest BCUT2D eigenvalue weighted by Crippen LogP contribution is -2.30. The summed E-state index contributed by atoms with van der Waals surface area (Å²) in [5, 5.41) is 1.16. The maximum Gasteiger partial charge on any atom is 0.416 e. The van der Waals surface area contributed by atoms with Gasteiger partial charge in [0.25, 0.3) is 14.2 Å². The molecular weight excluding hydrogens is 1250 g/mol. The molecule has 0 aliphatic carbocycles. The molecule has 0 N–H and O–H groups in total. The first-order valence-electron chi connectivity index (χ1n) is 26.4. The van der Waals surface area contributed by atoms with Crippen molar-refractivity contribution in [3.63, 3.8) is 0 Å². The minimum atomic E-state index is -4.65. The highest BCUT2D eigenvalue weighted by molar-refractivity contribution is 7.91. The maximum atomic E-state index is 13.3. The number of carbonyl (C=O) groups excluding carboxylic acids is 2. The standard InChI is InChI=1S/C23H18F3NO4S2.C20H22N2O3S2.C17H17NO3S2.CO2.2CH4/c1-14-5-3-4-6-20(14)31-21-10-7-16(23(24,25)26)11-15(21)13-33(29,30)17-8-9-19-18(12-17)22(28)32-27(19)2;1-21-19-10-9-16(13-17(19)20(23)26-21)27(24,25)14-15-7-3-4-8-18(15)22-11-5-2-6-12-22;1-11-4-5-12(2)13(8-11)10-23(20,21)14-6-7-16-15(9-14)17(19)22-18(16)3;2-1-3;;/h3-12H,13H2,1-2H3;3-4,7-10,13H,2,5-6,11-12,14H2,1H3;4-9H,10H2,1-3H3;;2*1H4. The highest BCUT2D eigenvalue weighted by atomic mass is 32.2. The van der Waals surface area contributed by atoms with Crippen molar-refractivity contribution in [3.05, 3.63) is 207 Å². The van der Waals surface area contributed by atoms with Gasteiger partial charge >= 0.3 is 12.3 Å². The number of anilines is 1. The molecule has 3 aromatic heterocycles. The number of nitrogens with zero attached hydrogens (tertiary/aromatic N) is 4. The fourth-order valence-corrected chi connectivity index (χ4v) is 16.3. The van der Waals surface area contributed by atoms with Crippen molar-refractivity contribution in [1.82, 2.24) is 11.9 Å². The normalized spacial score (nSPS) is 12.5. The van der Waals surface area contributed by atoms with Crippen LogP contribution in [0.25, 0.3) is 32.7 Å². The molecule has 0 amide bonds. The summed E-state index contributed by atoms with van der Waals surface area (Å²) >= 11 is 3.10. The monoisotopic (exact) mass is 1320 g/mol. The Bertz CT molecular complexity index is 4760. The van der Waals surface area contributed by atoms with E-state index < -0.39 is 47.0 Å². The first-order chi connectivity index (χ1) is 40.6. The van der Waals surface area contributed by atoms with E-state index in [2.05, 4.69) is 4.90 Å². The van der Waals surface area contributed by atoms with Crippen LogP contribution in [0.5, 0.6) is 11.5 Å². The van der Waals surface area contributed by atoms with Crippen LogP contribution in [-0.2, 0) is 83.7 Å². The second-order valence-electron chi connectivity index (χ2n) is 20.3. The number of rotatable bonds is 12. The van der Waals surface area contributed by atoms with E-state index >= 15 is 0 Å². The SMILES string of the molecule is C.C.Cc1ccc(C)c(CS(=O)(=O)c2ccc3c(c2)c(=O)sn3C)c1.Cc1ccccc1Oc1ccc(C(F)(F)F)cc1CS(=O)(=O)c1ccc2c(c1)c(=O)sn2C.Cn1sc(=O)c2cc(S(=O)(=O)Cc3ccccc3N3CCCCC3)ccc21.O=C=O. The molecule has 1 saturated heterocycles. The van der Waals surface area contributed by atoms with E-state index in [9.17, 15) is 52.8 Å². The summed E-state index contributed by atoms with van der Waals surface area (Å²) in [5.41, 5.74) is 6.32. The summed E-state index contributed by atoms with van der Waals surface area (Å²) in [7, 11) is -5.85. The zero-order valence-electron chi connectivity index (χ0n) is 47.2. The molecule has 466 valence electrons. The smallest absolute Gasteiger partial charge is 0.416 e. The molecule has 0 spiro atoms. The number of ether oxygens (including phenoxy) is 1. The third-order valence-electron chi connectivity index (χ3n) is 14.2. The zero-order chi connectivity index (χ0) is 62.5. The van der Waals surface area contributed by atoms with Crippen molar-refractivity contribution in [2.45, 2.75) is 93.0 Å². The number of halogens is 3. The molecule has 4 heterocycles. The van der Waals surface area contributed by atoms with Gasteiger partial charge in [0, 0.05) is 45.5 Å². The molecule has 16 nitrogen and oxygen atoms in total. The van der Waals surface area contributed by atoms with Crippen LogP contribution in [0.4, 0.5) is 18.9 Å². The minimum Gasteiger partial charge on any atom is -0.457 e. The summed E-state index contributed by atoms with van der Waals surface area (Å²) in [6.45, 7) is 7.55. The summed E-state index contributed by atoms with van der Waals surface area (Å²) in [5.74, 6) is -0.437. The van der Waals surface area contributed by atoms with E-state index in [1.807, 2.05) is 56.3 Å². The van der Waals surface area contributed by atoms with Crippen molar-refractivity contribution in [2.24, 2.45) is 21.1 Å². The van der Waals surface area contributed by atoms with Crippen molar-refractivity contribution in [2.75, 3.05) is 18.0 Å². The van der Waals surface area contributed by atoms with E-state index in [4.69, 9.17) is 14.3 Å². The first-order valence-corrected chi connectivity index (χ1v) is 33.7. The molecule has 1 aliphatic rings. The van der Waals surface area contributed by atoms with Gasteiger partial charge < -0.3 is 9.64 Å². The number of aryl methyl sites for hydroxylation is 6. The highest BCUT2D eigenvalue weighted by Crippen LogP contribution is 2.37. The van der Waals surface area contributed by atoms with Crippen LogP contribution < -0.4 is 23.9 Å². The number of hydrogen-bond acceptors (Lipinski definition) is 16. The Morgan fingerprint density at radius 2 is 0.920 bits per heavy atom. The first kappa shape index (κ1) is 69.3. The number of benzene rings is 7. The third-order valence-corrected chi connectivity index (χ3v) is 21.8. The van der Waals surface area contributed by atoms with Gasteiger partial charge in [-0.15, -0.1) is 0 Å². The number of para-hydroxylation sites is 2. The Kier molecular flexibility index (Phi) is 22.5. The number of fused-ring (bicyclic) bond motifs is 3. The van der Waals surface area contributed by atoms with Gasteiger partial charge in [-0.25, -0.2) is 25.3 Å². The van der Waals surface area contributed by atoms with Gasteiger partial charge in [-0.1, -0.05) is 75.0 Å². The number of sulfone groups is 3. The highest BCUT2D eigenvalue weighted by Gasteiger charge is 2.32. The molecule has 1 fully saturated rings. The molecule has 0 unspecified atom stereocenters. The van der Waals surface area contributed by atoms with E-state index in [1.54, 1.807) is 88.5 Å². The van der Waals surface area contributed by atoms with Crippen molar-refractivity contribution >= 4 is 109 Å². The molecule has 7 aromatic carbocycles. The Morgan fingerprint density at radius 1 is 0.489 bits per heavy atom. The van der Waals surface area contributed by atoms with Crippen LogP contribution in [0.1, 0.15) is 73.1 Å². The van der Waals surface area contributed by atoms with Gasteiger partial charge in [0.2, 0.25) is 0 Å². The van der Waals surface area contributed by atoms with Gasteiger partial charge in [0.15, 0.2) is 29.5 Å². The molecule has 25 heteroatoms. The van der Waals surface area contributed by atoms with Crippen LogP contribution in [0.15, 0.2) is 169 Å². The molecular formula is C63H65F3N4O12S6. The van der Waals surface area contributed by atoms with E-state index in [0.717, 1.165) is 123 Å². The lowest BCUT2D eigenvalue weighted by atomic mass is 10.1. The van der Waals surface area contributed by atoms with Crippen LogP contribution in [0.2, 0.25) is 0 Å². The summed E-state index contributed by atoms with van der Waals surface area (Å²) in [6.07, 6.45) is -0.896. The number of aromatic nitrogens is 3. The molecule has 0 bridgehead atoms. The minimum absolute atomic E-state index is 0. The molecule has 0 radical (unpaired) electrons. The van der Waals surface area contributed by atoms with E-state index in [1.165, 1.54) is 36.8 Å². The van der Waals surface area contributed by atoms with Crippen molar-refractivity contribution < 1.29 is 52.8 Å². The predicted octanol–water partition coefficient (Wildman–Crippen LogP) is 13.1. The van der Waals surface area contributed by atoms with Crippen LogP contribution in [0.3, 0.4) is 0 Å². The zero-order valence-corrected chi connectivity index (χ0v) is 52.1. The Labute approximate surface area is 520 Å². The fourth-order valence-electron chi connectivity index (χ4n) is 9.76. The average Bonchev–Trinajstić information content (AvgIpc) is 3.52. The third kappa shape index (κ3) is 16.1. The van der Waals surface area contributed by atoms with Crippen molar-refractivity contribution in [3.8, 4) is 11.5 Å². The van der Waals surface area contributed by atoms with Crippen LogP contribution >= 0.6 is 34.6 Å².